The second kappa shape index (κ2) is 6.83. The number of nitrogens with one attached hydrogen (secondary N) is 1. The molecule has 1 fully saturated rings. The highest BCUT2D eigenvalue weighted by atomic mass is 35.5. The molecule has 0 aromatic heterocycles. The van der Waals surface area contributed by atoms with E-state index in [4.69, 9.17) is 26.9 Å². The second-order valence-corrected chi connectivity index (χ2v) is 5.42. The molecule has 0 amide bonds. The molecule has 0 spiro atoms. The summed E-state index contributed by atoms with van der Waals surface area (Å²) in [5, 5.41) is 0.122. The van der Waals surface area contributed by atoms with E-state index in [9.17, 15) is 4.39 Å². The van der Waals surface area contributed by atoms with E-state index in [1.54, 1.807) is 19.2 Å². The molecule has 4 nitrogen and oxygen atoms in total. The average Bonchev–Trinajstić information content (AvgIpc) is 2.49. The van der Waals surface area contributed by atoms with Gasteiger partial charge in [0.25, 0.3) is 0 Å². The molecule has 1 unspecified atom stereocenters. The predicted molar refractivity (Wildman–Crippen MR) is 76.0 cm³/mol. The number of hydrogen-bond acceptors (Lipinski definition) is 4. The van der Waals surface area contributed by atoms with Crippen LogP contribution in [0.4, 0.5) is 4.39 Å². The fourth-order valence-corrected chi connectivity index (χ4v) is 2.93. The van der Waals surface area contributed by atoms with Gasteiger partial charge in [0.05, 0.1) is 16.7 Å². The van der Waals surface area contributed by atoms with Crippen LogP contribution in [0.15, 0.2) is 18.2 Å². The van der Waals surface area contributed by atoms with E-state index in [2.05, 4.69) is 5.43 Å². The summed E-state index contributed by atoms with van der Waals surface area (Å²) in [6.45, 7) is 1.23. The first-order valence-electron chi connectivity index (χ1n) is 6.65. The zero-order chi connectivity index (χ0) is 14.6. The molecule has 0 radical (unpaired) electrons. The molecule has 2 rings (SSSR count). The smallest absolute Gasteiger partial charge is 0.145 e. The van der Waals surface area contributed by atoms with E-state index < -0.39 is 11.4 Å². The molecular weight excluding hydrogens is 283 g/mol. The summed E-state index contributed by atoms with van der Waals surface area (Å²) in [4.78, 5) is 0. The molecule has 20 heavy (non-hydrogen) atoms. The largest absolute Gasteiger partial charge is 0.381 e. The first-order chi connectivity index (χ1) is 9.63. The van der Waals surface area contributed by atoms with Crippen molar-refractivity contribution in [3.8, 4) is 0 Å². The van der Waals surface area contributed by atoms with Gasteiger partial charge in [0.1, 0.15) is 5.82 Å². The molecule has 0 aliphatic carbocycles. The second-order valence-electron chi connectivity index (χ2n) is 5.02. The summed E-state index contributed by atoms with van der Waals surface area (Å²) in [7, 11) is 1.66. The van der Waals surface area contributed by atoms with Crippen LogP contribution in [-0.4, -0.2) is 32.0 Å². The molecule has 1 aliphatic rings. The standard InChI is InChI=1S/C14H20ClFN2O2/c1-19-14(5-7-20-8-6-14)12(18-17)9-10-3-2-4-11(15)13(10)16/h2-4,12,18H,5-9,17H2,1H3. The maximum Gasteiger partial charge on any atom is 0.145 e. The molecule has 1 aromatic rings. The van der Waals surface area contributed by atoms with Crippen LogP contribution in [0.3, 0.4) is 0 Å². The van der Waals surface area contributed by atoms with Gasteiger partial charge in [-0.15, -0.1) is 0 Å². The van der Waals surface area contributed by atoms with Gasteiger partial charge in [-0.25, -0.2) is 4.39 Å². The molecule has 1 atom stereocenters. The van der Waals surface area contributed by atoms with E-state index in [0.29, 0.717) is 25.2 Å². The van der Waals surface area contributed by atoms with E-state index >= 15 is 0 Å². The highest BCUT2D eigenvalue weighted by molar-refractivity contribution is 6.30. The Kier molecular flexibility index (Phi) is 5.35. The highest BCUT2D eigenvalue weighted by Gasteiger charge is 2.40. The fraction of sp³-hybridized carbons (Fsp3) is 0.571. The van der Waals surface area contributed by atoms with Crippen molar-refractivity contribution in [2.45, 2.75) is 30.9 Å². The summed E-state index contributed by atoms with van der Waals surface area (Å²) in [5.74, 6) is 5.28. The number of halogens is 2. The normalized spacial score (nSPS) is 19.8. The van der Waals surface area contributed by atoms with E-state index in [1.165, 1.54) is 6.07 Å². The Bertz CT molecular complexity index is 453. The first-order valence-corrected chi connectivity index (χ1v) is 7.02. The van der Waals surface area contributed by atoms with Crippen LogP contribution in [0.5, 0.6) is 0 Å². The minimum atomic E-state index is -0.443. The Hall–Kier alpha value is -0.720. The number of nitrogens with two attached hydrogens (primary N) is 1. The third-order valence-electron chi connectivity index (χ3n) is 4.04. The Morgan fingerprint density at radius 1 is 1.50 bits per heavy atom. The lowest BCUT2D eigenvalue weighted by atomic mass is 9.83. The van der Waals surface area contributed by atoms with Crippen LogP contribution in [-0.2, 0) is 15.9 Å². The van der Waals surface area contributed by atoms with E-state index in [1.807, 2.05) is 0 Å². The SMILES string of the molecule is COC1(C(Cc2cccc(Cl)c2F)NN)CCOCC1. The third kappa shape index (κ3) is 3.13. The lowest BCUT2D eigenvalue weighted by molar-refractivity contribution is -0.110. The van der Waals surface area contributed by atoms with Gasteiger partial charge >= 0.3 is 0 Å². The van der Waals surface area contributed by atoms with Gasteiger partial charge in [0.2, 0.25) is 0 Å². The molecule has 6 heteroatoms. The molecular formula is C14H20ClFN2O2. The molecule has 112 valence electrons. The van der Waals surface area contributed by atoms with Crippen LogP contribution < -0.4 is 11.3 Å². The minimum Gasteiger partial charge on any atom is -0.381 e. The molecule has 1 aromatic carbocycles. The number of hydrazine groups is 1. The van der Waals surface area contributed by atoms with Gasteiger partial charge in [-0.1, -0.05) is 23.7 Å². The zero-order valence-corrected chi connectivity index (χ0v) is 12.3. The number of rotatable bonds is 5. The first kappa shape index (κ1) is 15.7. The van der Waals surface area contributed by atoms with Crippen molar-refractivity contribution in [3.05, 3.63) is 34.6 Å². The van der Waals surface area contributed by atoms with Crippen LogP contribution in [0, 0.1) is 5.82 Å². The third-order valence-corrected chi connectivity index (χ3v) is 4.33. The van der Waals surface area contributed by atoms with Crippen molar-refractivity contribution in [3.63, 3.8) is 0 Å². The quantitative estimate of drug-likeness (QED) is 0.646. The van der Waals surface area contributed by atoms with Crippen LogP contribution in [0.2, 0.25) is 5.02 Å². The number of ether oxygens (including phenoxy) is 2. The van der Waals surface area contributed by atoms with Crippen molar-refractivity contribution >= 4 is 11.6 Å². The summed E-state index contributed by atoms with van der Waals surface area (Å²) in [5.41, 5.74) is 2.86. The van der Waals surface area contributed by atoms with Crippen LogP contribution >= 0.6 is 11.6 Å². The minimum absolute atomic E-state index is 0.122. The number of methoxy groups -OCH3 is 1. The van der Waals surface area contributed by atoms with Gasteiger partial charge in [-0.05, 0) is 18.1 Å². The van der Waals surface area contributed by atoms with Gasteiger partial charge < -0.3 is 9.47 Å². The van der Waals surface area contributed by atoms with Crippen molar-refractivity contribution in [1.29, 1.82) is 0 Å². The topological polar surface area (TPSA) is 56.5 Å². The lowest BCUT2D eigenvalue weighted by Crippen LogP contribution is -2.58. The van der Waals surface area contributed by atoms with E-state index in [0.717, 1.165) is 12.8 Å². The lowest BCUT2D eigenvalue weighted by Gasteiger charge is -2.42. The molecule has 1 aliphatic heterocycles. The van der Waals surface area contributed by atoms with Crippen LogP contribution in [0.1, 0.15) is 18.4 Å². The van der Waals surface area contributed by atoms with Crippen molar-refractivity contribution in [1.82, 2.24) is 5.43 Å². The summed E-state index contributed by atoms with van der Waals surface area (Å²) < 4.78 is 25.1. The molecule has 0 bridgehead atoms. The monoisotopic (exact) mass is 302 g/mol. The molecule has 3 N–H and O–H groups in total. The summed E-state index contributed by atoms with van der Waals surface area (Å²) >= 11 is 5.82. The van der Waals surface area contributed by atoms with Crippen molar-refractivity contribution in [2.75, 3.05) is 20.3 Å². The van der Waals surface area contributed by atoms with Crippen LogP contribution in [0.25, 0.3) is 0 Å². The number of hydrogen-bond donors (Lipinski definition) is 2. The summed E-state index contributed by atoms with van der Waals surface area (Å²) in [6, 6.07) is 4.78. The van der Waals surface area contributed by atoms with Gasteiger partial charge in [0.15, 0.2) is 0 Å². The van der Waals surface area contributed by atoms with Gasteiger partial charge in [-0.3, -0.25) is 11.3 Å². The Labute approximate surface area is 123 Å². The average molecular weight is 303 g/mol. The maximum atomic E-state index is 14.0. The molecule has 1 heterocycles. The molecule has 1 saturated heterocycles. The van der Waals surface area contributed by atoms with Crippen molar-refractivity contribution < 1.29 is 13.9 Å². The van der Waals surface area contributed by atoms with Gasteiger partial charge in [-0.2, -0.15) is 0 Å². The van der Waals surface area contributed by atoms with E-state index in [-0.39, 0.29) is 11.1 Å². The summed E-state index contributed by atoms with van der Waals surface area (Å²) in [6.07, 6.45) is 1.86. The van der Waals surface area contributed by atoms with Gasteiger partial charge in [0, 0.05) is 33.2 Å². The molecule has 0 saturated carbocycles. The fourth-order valence-electron chi connectivity index (χ4n) is 2.73. The predicted octanol–water partition coefficient (Wildman–Crippen LogP) is 2.05. The Morgan fingerprint density at radius 3 is 2.80 bits per heavy atom. The Morgan fingerprint density at radius 2 is 2.20 bits per heavy atom. The maximum absolute atomic E-state index is 14.0. The highest BCUT2D eigenvalue weighted by Crippen LogP contribution is 2.31. The van der Waals surface area contributed by atoms with Crippen molar-refractivity contribution in [2.24, 2.45) is 5.84 Å². The zero-order valence-electron chi connectivity index (χ0n) is 11.5. The Balaban J connectivity index is 2.21. The number of benzene rings is 1.